The van der Waals surface area contributed by atoms with E-state index in [0.717, 1.165) is 30.5 Å². The normalized spacial score (nSPS) is 14.0. The predicted octanol–water partition coefficient (Wildman–Crippen LogP) is 5.16. The van der Waals surface area contributed by atoms with Crippen LogP contribution in [0, 0.1) is 6.92 Å². The molecule has 1 heterocycles. The number of hydrogen-bond acceptors (Lipinski definition) is 5. The Bertz CT molecular complexity index is 1210. The maximum absolute atomic E-state index is 13.1. The second-order valence-electron chi connectivity index (χ2n) is 7.25. The van der Waals surface area contributed by atoms with Gasteiger partial charge in [-0.3, -0.25) is 10.2 Å². The summed E-state index contributed by atoms with van der Waals surface area (Å²) in [5.74, 6) is 1.63. The molecule has 164 valence electrons. The van der Waals surface area contributed by atoms with Gasteiger partial charge in [-0.05, 0) is 62.3 Å². The van der Waals surface area contributed by atoms with Crippen LogP contribution >= 0.6 is 23.8 Å². The summed E-state index contributed by atoms with van der Waals surface area (Å²) in [7, 11) is 0. The Kier molecular flexibility index (Phi) is 6.43. The van der Waals surface area contributed by atoms with E-state index >= 15 is 0 Å². The van der Waals surface area contributed by atoms with Gasteiger partial charge in [-0.15, -0.1) is 0 Å². The van der Waals surface area contributed by atoms with Crippen molar-refractivity contribution in [1.82, 2.24) is 5.43 Å². The average molecular weight is 469 g/mol. The number of hydrazone groups is 1. The highest BCUT2D eigenvalue weighted by atomic mass is 35.5. The molecule has 1 aromatic heterocycles. The van der Waals surface area contributed by atoms with Crippen LogP contribution in [0.25, 0.3) is 0 Å². The van der Waals surface area contributed by atoms with Crippen LogP contribution in [0.4, 0.5) is 5.69 Å². The molecule has 0 radical (unpaired) electrons. The summed E-state index contributed by atoms with van der Waals surface area (Å²) in [6, 6.07) is 14.3. The number of fused-ring (bicyclic) bond motifs is 1. The van der Waals surface area contributed by atoms with E-state index in [-0.39, 0.29) is 10.9 Å². The zero-order valence-electron chi connectivity index (χ0n) is 17.3. The minimum atomic E-state index is -0.404. The monoisotopic (exact) mass is 468 g/mol. The lowest BCUT2D eigenvalue weighted by Crippen LogP contribution is -2.26. The van der Waals surface area contributed by atoms with E-state index in [0.29, 0.717) is 33.5 Å². The highest BCUT2D eigenvalue weighted by Gasteiger charge is 2.28. The summed E-state index contributed by atoms with van der Waals surface area (Å²) in [5, 5.41) is 7.70. The van der Waals surface area contributed by atoms with Crippen LogP contribution in [0.3, 0.4) is 0 Å². The summed E-state index contributed by atoms with van der Waals surface area (Å²) >= 11 is 11.0. The molecule has 0 unspecified atom stereocenters. The first-order valence-electron chi connectivity index (χ1n) is 10.0. The van der Waals surface area contributed by atoms with Gasteiger partial charge in [0.1, 0.15) is 11.5 Å². The van der Waals surface area contributed by atoms with E-state index in [1.165, 1.54) is 0 Å². The van der Waals surface area contributed by atoms with Gasteiger partial charge >= 0.3 is 0 Å². The number of nitrogens with two attached hydrogens (primary N) is 1. The molecule has 32 heavy (non-hydrogen) atoms. The molecule has 3 aromatic rings. The van der Waals surface area contributed by atoms with Crippen molar-refractivity contribution in [3.05, 3.63) is 76.2 Å². The molecule has 4 N–H and O–H groups in total. The number of ether oxygens (including phenoxy) is 1. The number of nitrogens with zero attached hydrogens (tertiary/aromatic N) is 1. The molecule has 1 amide bonds. The number of aryl methyl sites for hydroxylation is 1. The fraction of sp³-hybridized carbons (Fsp3) is 0.174. The number of para-hydroxylation sites is 1. The Morgan fingerprint density at radius 2 is 2.00 bits per heavy atom. The van der Waals surface area contributed by atoms with Crippen molar-refractivity contribution in [2.75, 3.05) is 5.32 Å². The molecule has 0 saturated heterocycles. The van der Waals surface area contributed by atoms with Crippen molar-refractivity contribution in [3.63, 3.8) is 0 Å². The van der Waals surface area contributed by atoms with Gasteiger partial charge in [-0.2, -0.15) is 5.10 Å². The number of rotatable bonds is 5. The van der Waals surface area contributed by atoms with E-state index in [9.17, 15) is 4.79 Å². The van der Waals surface area contributed by atoms with E-state index in [2.05, 4.69) is 15.8 Å². The molecule has 0 bridgehead atoms. The first kappa shape index (κ1) is 21.9. The fourth-order valence-electron chi connectivity index (χ4n) is 3.60. The molecular weight excluding hydrogens is 448 g/mol. The molecule has 1 aliphatic carbocycles. The first-order valence-corrected chi connectivity index (χ1v) is 10.8. The Morgan fingerprint density at radius 3 is 2.75 bits per heavy atom. The minimum absolute atomic E-state index is 0.0793. The van der Waals surface area contributed by atoms with Crippen molar-refractivity contribution in [3.8, 4) is 11.5 Å². The zero-order valence-corrected chi connectivity index (χ0v) is 18.8. The third-order valence-corrected chi connectivity index (χ3v) is 5.32. The summed E-state index contributed by atoms with van der Waals surface area (Å²) < 4.78 is 11.9. The minimum Gasteiger partial charge on any atom is -0.455 e. The number of furan rings is 1. The topological polar surface area (TPSA) is 102 Å². The largest absolute Gasteiger partial charge is 0.455 e. The SMILES string of the molecule is Cc1c(C(=O)Nc2cc(Cl)ccc2Oc2ccccc2)oc2c1/C(=N/NC(N)=S)CCC2. The molecule has 4 rings (SSSR count). The Hall–Kier alpha value is -3.36. The summed E-state index contributed by atoms with van der Waals surface area (Å²) in [5.41, 5.74) is 10.8. The van der Waals surface area contributed by atoms with Crippen LogP contribution in [0.2, 0.25) is 5.02 Å². The van der Waals surface area contributed by atoms with Gasteiger partial charge in [0.05, 0.1) is 11.4 Å². The third kappa shape index (κ3) is 4.76. The zero-order chi connectivity index (χ0) is 22.7. The van der Waals surface area contributed by atoms with Gasteiger partial charge in [0, 0.05) is 22.6 Å². The Labute approximate surface area is 195 Å². The molecule has 0 spiro atoms. The van der Waals surface area contributed by atoms with Crippen molar-refractivity contribution < 1.29 is 13.9 Å². The quantitative estimate of drug-likeness (QED) is 0.353. The number of benzene rings is 2. The number of carbonyl (C=O) groups is 1. The van der Waals surface area contributed by atoms with Crippen molar-refractivity contribution in [2.24, 2.45) is 10.8 Å². The number of carbonyl (C=O) groups excluding carboxylic acids is 1. The fourth-order valence-corrected chi connectivity index (χ4v) is 3.82. The maximum atomic E-state index is 13.1. The molecule has 1 aliphatic rings. The summed E-state index contributed by atoms with van der Waals surface area (Å²) in [6.45, 7) is 1.83. The maximum Gasteiger partial charge on any atom is 0.291 e. The van der Waals surface area contributed by atoms with Gasteiger partial charge in [-0.25, -0.2) is 0 Å². The lowest BCUT2D eigenvalue weighted by Gasteiger charge is -2.13. The highest BCUT2D eigenvalue weighted by Crippen LogP contribution is 2.34. The molecule has 9 heteroatoms. The molecule has 0 aliphatic heterocycles. The smallest absolute Gasteiger partial charge is 0.291 e. The Balaban J connectivity index is 1.62. The number of thiocarbonyl (C=S) groups is 1. The molecule has 2 aromatic carbocycles. The van der Waals surface area contributed by atoms with E-state index in [1.807, 2.05) is 37.3 Å². The number of amides is 1. The lowest BCUT2D eigenvalue weighted by atomic mass is 9.93. The van der Waals surface area contributed by atoms with E-state index < -0.39 is 5.91 Å². The van der Waals surface area contributed by atoms with Gasteiger partial charge in [0.25, 0.3) is 5.91 Å². The number of halogens is 1. The van der Waals surface area contributed by atoms with Gasteiger partial charge in [0.2, 0.25) is 0 Å². The van der Waals surface area contributed by atoms with Crippen LogP contribution in [0.5, 0.6) is 11.5 Å². The van der Waals surface area contributed by atoms with Crippen LogP contribution in [-0.4, -0.2) is 16.7 Å². The van der Waals surface area contributed by atoms with Crippen LogP contribution in [-0.2, 0) is 6.42 Å². The van der Waals surface area contributed by atoms with Crippen LogP contribution in [0.1, 0.15) is 40.3 Å². The van der Waals surface area contributed by atoms with Gasteiger partial charge < -0.3 is 20.2 Å². The molecule has 7 nitrogen and oxygen atoms in total. The number of hydrogen-bond donors (Lipinski definition) is 3. The first-order chi connectivity index (χ1) is 15.4. The van der Waals surface area contributed by atoms with E-state index in [1.54, 1.807) is 18.2 Å². The molecule has 0 saturated carbocycles. The molecular formula is C23H21ClN4O3S. The second kappa shape index (κ2) is 9.42. The van der Waals surface area contributed by atoms with Crippen LogP contribution in [0.15, 0.2) is 58.0 Å². The molecule has 0 atom stereocenters. The van der Waals surface area contributed by atoms with Crippen molar-refractivity contribution in [1.29, 1.82) is 0 Å². The van der Waals surface area contributed by atoms with Crippen molar-refractivity contribution >= 4 is 46.2 Å². The molecule has 0 fully saturated rings. The van der Waals surface area contributed by atoms with E-state index in [4.69, 9.17) is 38.7 Å². The standard InChI is InChI=1S/C23H21ClN4O3S/c1-13-20-16(27-28-23(25)32)8-5-9-19(20)31-21(13)22(29)26-17-12-14(24)10-11-18(17)30-15-6-3-2-4-7-15/h2-4,6-7,10-12H,5,8-9H2,1H3,(H,26,29)(H3,25,28,32)/b27-16+. The summed E-state index contributed by atoms with van der Waals surface area (Å²) in [4.78, 5) is 13.1. The van der Waals surface area contributed by atoms with Crippen molar-refractivity contribution in [2.45, 2.75) is 26.2 Å². The van der Waals surface area contributed by atoms with Gasteiger partial charge in [0.15, 0.2) is 16.6 Å². The van der Waals surface area contributed by atoms with Gasteiger partial charge in [-0.1, -0.05) is 29.8 Å². The number of nitrogens with one attached hydrogen (secondary N) is 2. The second-order valence-corrected chi connectivity index (χ2v) is 8.13. The lowest BCUT2D eigenvalue weighted by molar-refractivity contribution is 0.0993. The average Bonchev–Trinajstić information content (AvgIpc) is 3.12. The van der Waals surface area contributed by atoms with Crippen LogP contribution < -0.4 is 21.2 Å². The predicted molar refractivity (Wildman–Crippen MR) is 129 cm³/mol. The Morgan fingerprint density at radius 1 is 1.22 bits per heavy atom. The summed E-state index contributed by atoms with van der Waals surface area (Å²) in [6.07, 6.45) is 2.30. The highest BCUT2D eigenvalue weighted by molar-refractivity contribution is 7.80. The number of anilines is 1. The third-order valence-electron chi connectivity index (χ3n) is 4.99.